The first kappa shape index (κ1) is 24.2. The minimum Gasteiger partial charge on any atom is -0.378 e. The van der Waals surface area contributed by atoms with E-state index in [1.165, 1.54) is 11.1 Å². The van der Waals surface area contributed by atoms with Crippen LogP contribution >= 0.6 is 0 Å². The van der Waals surface area contributed by atoms with Gasteiger partial charge in [0.2, 0.25) is 0 Å². The van der Waals surface area contributed by atoms with Gasteiger partial charge in [-0.25, -0.2) is 4.98 Å². The van der Waals surface area contributed by atoms with E-state index >= 15 is 0 Å². The first-order valence-electron chi connectivity index (χ1n) is 13.2. The van der Waals surface area contributed by atoms with Gasteiger partial charge in [0.1, 0.15) is 0 Å². The standard InChI is InChI=1S/C32H32N4O2/c1-23-7-5-8-25(17-23)18-36-22-33-24(2)31(36)21-34-19-29(28-12-6-10-26-9-3-4-11-27(26)28)30(20-34)32(37)35-13-15-38-16-14-35/h3-12,17,19-20,22H,13-16,18,21H2,1-2H3. The topological polar surface area (TPSA) is 52.3 Å². The van der Waals surface area contributed by atoms with Crippen molar-refractivity contribution in [3.63, 3.8) is 0 Å². The summed E-state index contributed by atoms with van der Waals surface area (Å²) in [4.78, 5) is 20.3. The number of aryl methyl sites for hydroxylation is 2. The molecule has 3 aromatic carbocycles. The number of benzene rings is 3. The lowest BCUT2D eigenvalue weighted by molar-refractivity contribution is 0.0303. The second-order valence-corrected chi connectivity index (χ2v) is 10.1. The summed E-state index contributed by atoms with van der Waals surface area (Å²) in [6, 6.07) is 23.2. The molecule has 1 aliphatic heterocycles. The molecule has 2 aromatic heterocycles. The summed E-state index contributed by atoms with van der Waals surface area (Å²) in [5.41, 5.74) is 7.39. The maximum Gasteiger partial charge on any atom is 0.256 e. The molecule has 0 unspecified atom stereocenters. The molecule has 0 spiro atoms. The van der Waals surface area contributed by atoms with Crippen molar-refractivity contribution in [2.45, 2.75) is 26.9 Å². The van der Waals surface area contributed by atoms with Crippen molar-refractivity contribution in [1.29, 1.82) is 0 Å². The van der Waals surface area contributed by atoms with Crippen LogP contribution in [0.25, 0.3) is 21.9 Å². The predicted octanol–water partition coefficient (Wildman–Crippen LogP) is 5.69. The average Bonchev–Trinajstić information content (AvgIpc) is 3.52. The van der Waals surface area contributed by atoms with Gasteiger partial charge in [0.25, 0.3) is 5.91 Å². The summed E-state index contributed by atoms with van der Waals surface area (Å²) in [5, 5.41) is 2.30. The summed E-state index contributed by atoms with van der Waals surface area (Å²) in [6.45, 7) is 7.94. The molecule has 1 fully saturated rings. The van der Waals surface area contributed by atoms with Crippen LogP contribution in [0.5, 0.6) is 0 Å². The van der Waals surface area contributed by atoms with Crippen LogP contribution in [0.4, 0.5) is 0 Å². The minimum atomic E-state index is 0.0555. The van der Waals surface area contributed by atoms with Gasteiger partial charge in [-0.1, -0.05) is 72.3 Å². The Hall–Kier alpha value is -4.16. The first-order valence-corrected chi connectivity index (χ1v) is 13.2. The molecule has 6 heteroatoms. The van der Waals surface area contributed by atoms with Crippen LogP contribution in [0.2, 0.25) is 0 Å². The monoisotopic (exact) mass is 504 g/mol. The molecule has 6 rings (SSSR count). The van der Waals surface area contributed by atoms with Crippen LogP contribution in [-0.2, 0) is 17.8 Å². The van der Waals surface area contributed by atoms with Gasteiger partial charge >= 0.3 is 0 Å². The Morgan fingerprint density at radius 1 is 0.895 bits per heavy atom. The van der Waals surface area contributed by atoms with Crippen molar-refractivity contribution in [3.05, 3.63) is 114 Å². The van der Waals surface area contributed by atoms with Crippen molar-refractivity contribution in [1.82, 2.24) is 19.0 Å². The molecular weight excluding hydrogens is 472 g/mol. The number of nitrogens with zero attached hydrogens (tertiary/aromatic N) is 4. The zero-order valence-electron chi connectivity index (χ0n) is 21.9. The van der Waals surface area contributed by atoms with Crippen LogP contribution in [0.3, 0.4) is 0 Å². The van der Waals surface area contributed by atoms with E-state index in [-0.39, 0.29) is 5.91 Å². The second-order valence-electron chi connectivity index (χ2n) is 10.1. The van der Waals surface area contributed by atoms with Crippen LogP contribution in [0, 0.1) is 13.8 Å². The molecule has 0 atom stereocenters. The van der Waals surface area contributed by atoms with Crippen molar-refractivity contribution in [2.24, 2.45) is 0 Å². The molecule has 0 radical (unpaired) electrons. The third-order valence-corrected chi connectivity index (χ3v) is 7.41. The number of rotatable bonds is 6. The van der Waals surface area contributed by atoms with E-state index < -0.39 is 0 Å². The number of aromatic nitrogens is 3. The Morgan fingerprint density at radius 2 is 1.68 bits per heavy atom. The van der Waals surface area contributed by atoms with Crippen molar-refractivity contribution in [2.75, 3.05) is 26.3 Å². The Labute approximate surface area is 223 Å². The lowest BCUT2D eigenvalue weighted by Gasteiger charge is -2.27. The number of carbonyl (C=O) groups excluding carboxylic acids is 1. The van der Waals surface area contributed by atoms with Gasteiger partial charge in [-0.3, -0.25) is 4.79 Å². The first-order chi connectivity index (χ1) is 18.6. The molecule has 6 nitrogen and oxygen atoms in total. The third-order valence-electron chi connectivity index (χ3n) is 7.41. The number of morpholine rings is 1. The van der Waals surface area contributed by atoms with Gasteiger partial charge in [-0.15, -0.1) is 0 Å². The number of hydrogen-bond donors (Lipinski definition) is 0. The highest BCUT2D eigenvalue weighted by Gasteiger charge is 2.24. The summed E-state index contributed by atoms with van der Waals surface area (Å²) >= 11 is 0. The fourth-order valence-corrected chi connectivity index (χ4v) is 5.41. The maximum atomic E-state index is 13.8. The van der Waals surface area contributed by atoms with Crippen LogP contribution in [0.15, 0.2) is 85.5 Å². The number of hydrogen-bond acceptors (Lipinski definition) is 3. The Balaban J connectivity index is 1.40. The molecule has 0 N–H and O–H groups in total. The summed E-state index contributed by atoms with van der Waals surface area (Å²) < 4.78 is 9.86. The van der Waals surface area contributed by atoms with Crippen LogP contribution in [0.1, 0.15) is 32.9 Å². The van der Waals surface area contributed by atoms with Crippen molar-refractivity contribution in [3.8, 4) is 11.1 Å². The second kappa shape index (κ2) is 10.3. The highest BCUT2D eigenvalue weighted by Crippen LogP contribution is 2.33. The fourth-order valence-electron chi connectivity index (χ4n) is 5.41. The molecular formula is C32H32N4O2. The summed E-state index contributed by atoms with van der Waals surface area (Å²) in [7, 11) is 0. The molecule has 1 aliphatic rings. The summed E-state index contributed by atoms with van der Waals surface area (Å²) in [6.07, 6.45) is 6.05. The number of amides is 1. The zero-order chi connectivity index (χ0) is 26.1. The van der Waals surface area contributed by atoms with Crippen molar-refractivity contribution < 1.29 is 9.53 Å². The van der Waals surface area contributed by atoms with E-state index in [0.29, 0.717) is 32.8 Å². The Bertz CT molecular complexity index is 1600. The van der Waals surface area contributed by atoms with Gasteiger partial charge in [-0.2, -0.15) is 0 Å². The Morgan fingerprint density at radius 3 is 2.53 bits per heavy atom. The molecule has 1 amide bonds. The van der Waals surface area contributed by atoms with Gasteiger partial charge in [0.05, 0.1) is 43.0 Å². The Kier molecular flexibility index (Phi) is 6.56. The SMILES string of the molecule is Cc1cccc(Cn2cnc(C)c2Cn2cc(C(=O)N3CCOCC3)c(-c3cccc4ccccc34)c2)c1. The van der Waals surface area contributed by atoms with E-state index in [9.17, 15) is 4.79 Å². The summed E-state index contributed by atoms with van der Waals surface area (Å²) in [5.74, 6) is 0.0555. The highest BCUT2D eigenvalue weighted by molar-refractivity contribution is 6.06. The number of carbonyl (C=O) groups is 1. The van der Waals surface area contributed by atoms with Gasteiger partial charge in [-0.05, 0) is 35.7 Å². The zero-order valence-corrected chi connectivity index (χ0v) is 21.9. The average molecular weight is 505 g/mol. The quantitative estimate of drug-likeness (QED) is 0.299. The molecule has 0 saturated carbocycles. The third kappa shape index (κ3) is 4.75. The lowest BCUT2D eigenvalue weighted by atomic mass is 9.97. The molecule has 0 aliphatic carbocycles. The molecule has 38 heavy (non-hydrogen) atoms. The van der Waals surface area contributed by atoms with Crippen LogP contribution in [-0.4, -0.2) is 51.2 Å². The van der Waals surface area contributed by atoms with Crippen LogP contribution < -0.4 is 0 Å². The molecule has 1 saturated heterocycles. The van der Waals surface area contributed by atoms with E-state index in [2.05, 4.69) is 101 Å². The van der Waals surface area contributed by atoms with Gasteiger partial charge in [0, 0.05) is 37.6 Å². The normalized spacial score (nSPS) is 13.8. The highest BCUT2D eigenvalue weighted by atomic mass is 16.5. The van der Waals surface area contributed by atoms with Gasteiger partial charge < -0.3 is 18.8 Å². The smallest absolute Gasteiger partial charge is 0.256 e. The van der Waals surface area contributed by atoms with E-state index in [4.69, 9.17) is 4.74 Å². The molecule has 192 valence electrons. The molecule has 0 bridgehead atoms. The predicted molar refractivity (Wildman–Crippen MR) is 150 cm³/mol. The largest absolute Gasteiger partial charge is 0.378 e. The van der Waals surface area contributed by atoms with E-state index in [1.54, 1.807) is 0 Å². The minimum absolute atomic E-state index is 0.0555. The van der Waals surface area contributed by atoms with Crippen molar-refractivity contribution >= 4 is 16.7 Å². The van der Waals surface area contributed by atoms with E-state index in [0.717, 1.165) is 45.4 Å². The number of imidazole rings is 1. The maximum absolute atomic E-state index is 13.8. The number of fused-ring (bicyclic) bond motifs is 1. The van der Waals surface area contributed by atoms with Gasteiger partial charge in [0.15, 0.2) is 0 Å². The molecule has 5 aromatic rings. The number of ether oxygens (including phenoxy) is 1. The fraction of sp³-hybridized carbons (Fsp3) is 0.250. The van der Waals surface area contributed by atoms with E-state index in [1.807, 2.05) is 17.4 Å². The molecule has 3 heterocycles. The lowest BCUT2D eigenvalue weighted by Crippen LogP contribution is -2.40.